The van der Waals surface area contributed by atoms with Crippen LogP contribution in [0.3, 0.4) is 0 Å². The van der Waals surface area contributed by atoms with E-state index in [1.54, 1.807) is 27.7 Å². The molecule has 0 amide bonds. The zero-order chi connectivity index (χ0) is 19.1. The van der Waals surface area contributed by atoms with Gasteiger partial charge >= 0.3 is 0 Å². The molecule has 9 nitrogen and oxygen atoms in total. The first-order valence-corrected chi connectivity index (χ1v) is 9.26. The molecule has 1 saturated heterocycles. The molecule has 0 atom stereocenters. The van der Waals surface area contributed by atoms with Crippen LogP contribution in [0.1, 0.15) is 5.69 Å². The van der Waals surface area contributed by atoms with Crippen molar-refractivity contribution in [3.05, 3.63) is 59.0 Å². The molecule has 4 aromatic heterocycles. The molecular formula is C19H20N8O. The number of hydrogen-bond acceptors (Lipinski definition) is 7. The molecule has 5 rings (SSSR count). The van der Waals surface area contributed by atoms with Crippen LogP contribution in [-0.2, 0) is 13.6 Å². The number of nitrogens with zero attached hydrogens (tertiary/aromatic N) is 8. The first-order chi connectivity index (χ1) is 13.7. The number of rotatable bonds is 3. The lowest BCUT2D eigenvalue weighted by molar-refractivity contribution is 0.247. The molecule has 0 aromatic carbocycles. The molecule has 0 aliphatic carbocycles. The van der Waals surface area contributed by atoms with Gasteiger partial charge in [-0.2, -0.15) is 5.10 Å². The summed E-state index contributed by atoms with van der Waals surface area (Å²) >= 11 is 0. The summed E-state index contributed by atoms with van der Waals surface area (Å²) in [5, 5.41) is 5.27. The lowest BCUT2D eigenvalue weighted by Gasteiger charge is -2.35. The van der Waals surface area contributed by atoms with Gasteiger partial charge < -0.3 is 4.90 Å². The van der Waals surface area contributed by atoms with Crippen molar-refractivity contribution in [2.24, 2.45) is 7.05 Å². The summed E-state index contributed by atoms with van der Waals surface area (Å²) in [4.78, 5) is 30.3. The second-order valence-electron chi connectivity index (χ2n) is 6.98. The van der Waals surface area contributed by atoms with Gasteiger partial charge in [-0.3, -0.25) is 18.8 Å². The van der Waals surface area contributed by atoms with Crippen LogP contribution in [0.5, 0.6) is 0 Å². The lowest BCUT2D eigenvalue weighted by atomic mass is 10.2. The van der Waals surface area contributed by atoms with Crippen LogP contribution in [-0.4, -0.2) is 60.2 Å². The minimum absolute atomic E-state index is 0.0424. The van der Waals surface area contributed by atoms with Crippen LogP contribution in [0.15, 0.2) is 47.8 Å². The summed E-state index contributed by atoms with van der Waals surface area (Å²) in [7, 11) is 1.89. The van der Waals surface area contributed by atoms with Crippen LogP contribution >= 0.6 is 0 Å². The Labute approximate surface area is 160 Å². The van der Waals surface area contributed by atoms with Crippen molar-refractivity contribution in [2.45, 2.75) is 6.54 Å². The van der Waals surface area contributed by atoms with Gasteiger partial charge in [-0.25, -0.2) is 15.0 Å². The van der Waals surface area contributed by atoms with Crippen molar-refractivity contribution in [3.8, 4) is 0 Å². The zero-order valence-electron chi connectivity index (χ0n) is 15.6. The highest BCUT2D eigenvalue weighted by atomic mass is 16.1. The molecule has 142 valence electrons. The average Bonchev–Trinajstić information content (AvgIpc) is 3.10. The van der Waals surface area contributed by atoms with E-state index in [-0.39, 0.29) is 5.56 Å². The highest BCUT2D eigenvalue weighted by molar-refractivity contribution is 5.86. The third kappa shape index (κ3) is 2.89. The third-order valence-electron chi connectivity index (χ3n) is 5.19. The van der Waals surface area contributed by atoms with E-state index in [1.165, 1.54) is 0 Å². The number of hydrogen-bond donors (Lipinski definition) is 0. The second-order valence-corrected chi connectivity index (χ2v) is 6.98. The van der Waals surface area contributed by atoms with E-state index in [9.17, 15) is 4.79 Å². The molecule has 9 heteroatoms. The van der Waals surface area contributed by atoms with E-state index < -0.39 is 0 Å². The van der Waals surface area contributed by atoms with E-state index >= 15 is 0 Å². The molecule has 5 heterocycles. The standard InChI is InChI=1S/C19H20N8O/c1-24-18-15(11-22-24)19(21-13-20-18)26-8-6-25(7-9-26)12-14-10-17(28)27-5-3-2-4-16(27)23-14/h2-5,10-11,13H,6-9,12H2,1H3. The number of aromatic nitrogens is 6. The van der Waals surface area contributed by atoms with Crippen molar-refractivity contribution in [2.75, 3.05) is 31.1 Å². The van der Waals surface area contributed by atoms with Gasteiger partial charge in [-0.05, 0) is 12.1 Å². The summed E-state index contributed by atoms with van der Waals surface area (Å²) in [5.41, 5.74) is 2.29. The molecule has 0 bridgehead atoms. The average molecular weight is 376 g/mol. The number of fused-ring (bicyclic) bond motifs is 2. The van der Waals surface area contributed by atoms with E-state index in [1.807, 2.05) is 31.4 Å². The van der Waals surface area contributed by atoms with Gasteiger partial charge in [0.1, 0.15) is 17.8 Å². The van der Waals surface area contributed by atoms with Crippen molar-refractivity contribution < 1.29 is 0 Å². The van der Waals surface area contributed by atoms with Gasteiger partial charge in [0.15, 0.2) is 5.65 Å². The smallest absolute Gasteiger partial charge is 0.258 e. The monoisotopic (exact) mass is 376 g/mol. The van der Waals surface area contributed by atoms with Crippen LogP contribution in [0.4, 0.5) is 5.82 Å². The molecule has 1 aliphatic rings. The van der Waals surface area contributed by atoms with Crippen LogP contribution in [0.25, 0.3) is 16.7 Å². The molecular weight excluding hydrogens is 356 g/mol. The van der Waals surface area contributed by atoms with Gasteiger partial charge in [0, 0.05) is 52.0 Å². The van der Waals surface area contributed by atoms with Gasteiger partial charge in [-0.15, -0.1) is 0 Å². The Morgan fingerprint density at radius 2 is 1.96 bits per heavy atom. The summed E-state index contributed by atoms with van der Waals surface area (Å²) in [6, 6.07) is 7.21. The van der Waals surface area contributed by atoms with Crippen LogP contribution in [0, 0.1) is 0 Å². The molecule has 28 heavy (non-hydrogen) atoms. The summed E-state index contributed by atoms with van der Waals surface area (Å²) < 4.78 is 3.33. The fourth-order valence-electron chi connectivity index (χ4n) is 3.73. The fourth-order valence-corrected chi connectivity index (χ4v) is 3.73. The van der Waals surface area contributed by atoms with E-state index in [2.05, 4.69) is 29.9 Å². The minimum atomic E-state index is -0.0424. The maximum Gasteiger partial charge on any atom is 0.258 e. The number of aryl methyl sites for hydroxylation is 1. The van der Waals surface area contributed by atoms with E-state index in [0.717, 1.165) is 48.7 Å². The molecule has 0 N–H and O–H groups in total. The molecule has 1 aliphatic heterocycles. The van der Waals surface area contributed by atoms with Gasteiger partial charge in [-0.1, -0.05) is 6.07 Å². The highest BCUT2D eigenvalue weighted by Gasteiger charge is 2.21. The number of anilines is 1. The molecule has 0 unspecified atom stereocenters. The van der Waals surface area contributed by atoms with E-state index in [0.29, 0.717) is 12.2 Å². The largest absolute Gasteiger partial charge is 0.353 e. The molecule has 4 aromatic rings. The third-order valence-corrected chi connectivity index (χ3v) is 5.19. The Hall–Kier alpha value is -3.33. The van der Waals surface area contributed by atoms with Crippen molar-refractivity contribution in [1.82, 2.24) is 34.0 Å². The highest BCUT2D eigenvalue weighted by Crippen LogP contribution is 2.23. The first-order valence-electron chi connectivity index (χ1n) is 9.26. The maximum absolute atomic E-state index is 12.3. The second kappa shape index (κ2) is 6.68. The van der Waals surface area contributed by atoms with Crippen LogP contribution in [0.2, 0.25) is 0 Å². The lowest BCUT2D eigenvalue weighted by Crippen LogP contribution is -2.46. The first kappa shape index (κ1) is 16.8. The quantitative estimate of drug-likeness (QED) is 0.520. The Balaban J connectivity index is 1.32. The topological polar surface area (TPSA) is 84.5 Å². The molecule has 0 radical (unpaired) electrons. The summed E-state index contributed by atoms with van der Waals surface area (Å²) in [6.45, 7) is 4.13. The van der Waals surface area contributed by atoms with Gasteiger partial charge in [0.25, 0.3) is 5.56 Å². The Kier molecular flexibility index (Phi) is 4.01. The summed E-state index contributed by atoms with van der Waals surface area (Å²) in [6.07, 6.45) is 5.16. The predicted molar refractivity (Wildman–Crippen MR) is 105 cm³/mol. The Morgan fingerprint density at radius 3 is 2.82 bits per heavy atom. The molecule has 0 saturated carbocycles. The maximum atomic E-state index is 12.3. The number of piperazine rings is 1. The predicted octanol–water partition coefficient (Wildman–Crippen LogP) is 0.693. The van der Waals surface area contributed by atoms with E-state index in [4.69, 9.17) is 0 Å². The van der Waals surface area contributed by atoms with Gasteiger partial charge in [0.2, 0.25) is 0 Å². The van der Waals surface area contributed by atoms with Crippen molar-refractivity contribution >= 4 is 22.5 Å². The minimum Gasteiger partial charge on any atom is -0.353 e. The van der Waals surface area contributed by atoms with Gasteiger partial charge in [0.05, 0.1) is 17.3 Å². The fraction of sp³-hybridized carbons (Fsp3) is 0.316. The van der Waals surface area contributed by atoms with Crippen LogP contribution < -0.4 is 10.5 Å². The molecule has 0 spiro atoms. The Bertz CT molecular complexity index is 1210. The zero-order valence-corrected chi connectivity index (χ0v) is 15.6. The SMILES string of the molecule is Cn1ncc2c(N3CCN(Cc4cc(=O)n5ccccc5n4)CC3)ncnc21. The van der Waals surface area contributed by atoms with Crippen molar-refractivity contribution in [1.29, 1.82) is 0 Å². The number of pyridine rings is 1. The summed E-state index contributed by atoms with van der Waals surface area (Å²) in [5.74, 6) is 0.930. The van der Waals surface area contributed by atoms with Crippen molar-refractivity contribution in [3.63, 3.8) is 0 Å². The Morgan fingerprint density at radius 1 is 1.11 bits per heavy atom. The normalized spacial score (nSPS) is 15.5. The molecule has 1 fully saturated rings.